The maximum atomic E-state index is 10.3. The lowest BCUT2D eigenvalue weighted by Crippen LogP contribution is -2.30. The van der Waals surface area contributed by atoms with Crippen molar-refractivity contribution < 1.29 is 14.3 Å². The van der Waals surface area contributed by atoms with Gasteiger partial charge >= 0.3 is 6.09 Å². The quantitative estimate of drug-likeness (QED) is 0.363. The Morgan fingerprint density at radius 1 is 1.75 bits per heavy atom. The largest absolute Gasteiger partial charge is 0.443 e. The van der Waals surface area contributed by atoms with Gasteiger partial charge in [0.15, 0.2) is 0 Å². The van der Waals surface area contributed by atoms with E-state index in [1.807, 2.05) is 0 Å². The predicted molar refractivity (Wildman–Crippen MR) is 38.2 cm³/mol. The summed E-state index contributed by atoms with van der Waals surface area (Å²) in [5.41, 5.74) is 12.9. The Hall–Kier alpha value is -1.46. The normalized spacial score (nSPS) is 27.7. The molecule has 66 valence electrons. The summed E-state index contributed by atoms with van der Waals surface area (Å²) >= 11 is 0. The number of carbonyl (C=O) groups is 1. The molecule has 0 aliphatic carbocycles. The van der Waals surface area contributed by atoms with Crippen molar-refractivity contribution in [1.29, 1.82) is 0 Å². The second-order valence-corrected chi connectivity index (χ2v) is 2.29. The van der Waals surface area contributed by atoms with Gasteiger partial charge in [-0.3, -0.25) is 0 Å². The lowest BCUT2D eigenvalue weighted by molar-refractivity contribution is 0.0868. The number of hydrogen-bond acceptors (Lipinski definition) is 4. The summed E-state index contributed by atoms with van der Waals surface area (Å²) in [6.07, 6.45) is -1.43. The first-order chi connectivity index (χ1) is 5.74. The molecule has 0 saturated carbocycles. The minimum Gasteiger partial charge on any atom is -0.443 e. The van der Waals surface area contributed by atoms with Crippen molar-refractivity contribution in [3.8, 4) is 0 Å². The summed E-state index contributed by atoms with van der Waals surface area (Å²) in [6, 6.07) is -0.456. The molecule has 0 radical (unpaired) electrons. The molecule has 1 saturated heterocycles. The molecule has 7 nitrogen and oxygen atoms in total. The number of ether oxygens (including phenoxy) is 2. The summed E-state index contributed by atoms with van der Waals surface area (Å²) < 4.78 is 9.55. The van der Waals surface area contributed by atoms with E-state index in [1.165, 1.54) is 0 Å². The zero-order valence-electron chi connectivity index (χ0n) is 6.21. The van der Waals surface area contributed by atoms with E-state index >= 15 is 0 Å². The van der Waals surface area contributed by atoms with Crippen LogP contribution in [0.2, 0.25) is 0 Å². The number of nitrogens with zero attached hydrogens (tertiary/aromatic N) is 3. The highest BCUT2D eigenvalue weighted by molar-refractivity contribution is 5.64. The first-order valence-electron chi connectivity index (χ1n) is 3.32. The van der Waals surface area contributed by atoms with E-state index in [0.29, 0.717) is 0 Å². The SMILES string of the molecule is [N-]=[N+]=NC1COCC1OC(N)=O. The minimum absolute atomic E-state index is 0.229. The highest BCUT2D eigenvalue weighted by Crippen LogP contribution is 2.13. The van der Waals surface area contributed by atoms with Gasteiger partial charge in [-0.15, -0.1) is 0 Å². The molecule has 2 N–H and O–H groups in total. The molecule has 0 aromatic rings. The molecule has 1 amide bonds. The summed E-state index contributed by atoms with van der Waals surface area (Å²) in [5.74, 6) is 0. The predicted octanol–water partition coefficient (Wildman–Crippen LogP) is 0.159. The van der Waals surface area contributed by atoms with Crippen molar-refractivity contribution in [2.45, 2.75) is 12.1 Å². The number of rotatable bonds is 2. The third kappa shape index (κ3) is 2.01. The molecule has 7 heteroatoms. The van der Waals surface area contributed by atoms with Crippen LogP contribution in [0.5, 0.6) is 0 Å². The standard InChI is InChI=1S/C5H8N4O3/c6-5(10)12-4-2-11-1-3(4)8-9-7/h3-4H,1-2H2,(H2,6,10). The minimum atomic E-state index is -0.886. The van der Waals surface area contributed by atoms with Crippen molar-refractivity contribution in [3.05, 3.63) is 10.4 Å². The molecule has 1 aliphatic heterocycles. The molecule has 2 unspecified atom stereocenters. The average molecular weight is 172 g/mol. The van der Waals surface area contributed by atoms with Crippen LogP contribution in [0.25, 0.3) is 10.4 Å². The molecule has 0 aromatic carbocycles. The average Bonchev–Trinajstić information content (AvgIpc) is 2.37. The molecule has 0 aromatic heterocycles. The van der Waals surface area contributed by atoms with Crippen LogP contribution in [-0.4, -0.2) is 31.5 Å². The van der Waals surface area contributed by atoms with Crippen LogP contribution in [0.1, 0.15) is 0 Å². The third-order valence-corrected chi connectivity index (χ3v) is 1.47. The van der Waals surface area contributed by atoms with E-state index in [1.54, 1.807) is 0 Å². The van der Waals surface area contributed by atoms with Gasteiger partial charge in [-0.2, -0.15) is 0 Å². The Balaban J connectivity index is 2.51. The molecule has 1 aliphatic rings. The van der Waals surface area contributed by atoms with Crippen molar-refractivity contribution in [1.82, 2.24) is 0 Å². The van der Waals surface area contributed by atoms with Crippen LogP contribution in [-0.2, 0) is 9.47 Å². The molecule has 0 bridgehead atoms. The lowest BCUT2D eigenvalue weighted by atomic mass is 10.2. The summed E-state index contributed by atoms with van der Waals surface area (Å²) in [4.78, 5) is 12.9. The van der Waals surface area contributed by atoms with Crippen LogP contribution in [0.3, 0.4) is 0 Å². The molecule has 0 spiro atoms. The second-order valence-electron chi connectivity index (χ2n) is 2.29. The van der Waals surface area contributed by atoms with Crippen LogP contribution in [0, 0.1) is 0 Å². The topological polar surface area (TPSA) is 110 Å². The highest BCUT2D eigenvalue weighted by atomic mass is 16.6. The van der Waals surface area contributed by atoms with E-state index in [2.05, 4.69) is 14.8 Å². The van der Waals surface area contributed by atoms with Gasteiger partial charge in [-0.25, -0.2) is 4.79 Å². The number of amides is 1. The van der Waals surface area contributed by atoms with Gasteiger partial charge in [-0.1, -0.05) is 5.11 Å². The Kier molecular flexibility index (Phi) is 2.73. The van der Waals surface area contributed by atoms with Crippen LogP contribution >= 0.6 is 0 Å². The lowest BCUT2D eigenvalue weighted by Gasteiger charge is -2.11. The Labute approximate surface area is 68.1 Å². The van der Waals surface area contributed by atoms with E-state index in [-0.39, 0.29) is 13.2 Å². The second kappa shape index (κ2) is 3.80. The Morgan fingerprint density at radius 2 is 2.50 bits per heavy atom. The first-order valence-corrected chi connectivity index (χ1v) is 3.32. The van der Waals surface area contributed by atoms with E-state index in [9.17, 15) is 4.79 Å². The zero-order chi connectivity index (χ0) is 8.97. The molecule has 1 rings (SSSR count). The number of azide groups is 1. The van der Waals surface area contributed by atoms with Gasteiger partial charge in [0.1, 0.15) is 12.1 Å². The van der Waals surface area contributed by atoms with Crippen LogP contribution < -0.4 is 5.73 Å². The Bertz CT molecular complexity index is 225. The number of primary amides is 1. The highest BCUT2D eigenvalue weighted by Gasteiger charge is 2.29. The summed E-state index contributed by atoms with van der Waals surface area (Å²) in [6.45, 7) is 0.495. The van der Waals surface area contributed by atoms with Gasteiger partial charge in [0.25, 0.3) is 0 Å². The van der Waals surface area contributed by atoms with Crippen LogP contribution in [0.4, 0.5) is 4.79 Å². The van der Waals surface area contributed by atoms with E-state index < -0.39 is 18.2 Å². The summed E-state index contributed by atoms with van der Waals surface area (Å²) in [5, 5.41) is 3.38. The number of nitrogens with two attached hydrogens (primary N) is 1. The monoisotopic (exact) mass is 172 g/mol. The van der Waals surface area contributed by atoms with Gasteiger partial charge < -0.3 is 15.2 Å². The molecule has 1 heterocycles. The van der Waals surface area contributed by atoms with Gasteiger partial charge in [0.2, 0.25) is 0 Å². The van der Waals surface area contributed by atoms with Crippen molar-refractivity contribution in [2.24, 2.45) is 10.8 Å². The fourth-order valence-corrected chi connectivity index (χ4v) is 0.959. The van der Waals surface area contributed by atoms with Crippen LogP contribution in [0.15, 0.2) is 5.11 Å². The van der Waals surface area contributed by atoms with Gasteiger partial charge in [0.05, 0.1) is 13.2 Å². The van der Waals surface area contributed by atoms with Gasteiger partial charge in [-0.05, 0) is 5.53 Å². The first kappa shape index (κ1) is 8.63. The smallest absolute Gasteiger partial charge is 0.404 e. The molecule has 2 atom stereocenters. The van der Waals surface area contributed by atoms with E-state index in [4.69, 9.17) is 16.0 Å². The fraction of sp³-hybridized carbons (Fsp3) is 0.800. The maximum absolute atomic E-state index is 10.3. The van der Waals surface area contributed by atoms with Crippen molar-refractivity contribution >= 4 is 6.09 Å². The van der Waals surface area contributed by atoms with Crippen molar-refractivity contribution in [3.63, 3.8) is 0 Å². The molecule has 1 fully saturated rings. The van der Waals surface area contributed by atoms with Gasteiger partial charge in [0, 0.05) is 4.91 Å². The third-order valence-electron chi connectivity index (χ3n) is 1.47. The molecular formula is C5H8N4O3. The number of carbonyl (C=O) groups excluding carboxylic acids is 1. The van der Waals surface area contributed by atoms with E-state index in [0.717, 1.165) is 0 Å². The molecular weight excluding hydrogens is 164 g/mol. The summed E-state index contributed by atoms with van der Waals surface area (Å²) in [7, 11) is 0. The number of hydrogen-bond donors (Lipinski definition) is 1. The zero-order valence-corrected chi connectivity index (χ0v) is 6.21. The molecule has 12 heavy (non-hydrogen) atoms. The Morgan fingerprint density at radius 3 is 3.08 bits per heavy atom. The maximum Gasteiger partial charge on any atom is 0.404 e. The van der Waals surface area contributed by atoms with Crippen molar-refractivity contribution in [2.75, 3.05) is 13.2 Å². The fourth-order valence-electron chi connectivity index (χ4n) is 0.959.